The van der Waals surface area contributed by atoms with Crippen LogP contribution >= 0.6 is 11.6 Å². The number of methoxy groups -OCH3 is 1. The van der Waals surface area contributed by atoms with Gasteiger partial charge in [-0.25, -0.2) is 0 Å². The van der Waals surface area contributed by atoms with E-state index in [9.17, 15) is 5.26 Å². The molecule has 2 aromatic rings. The number of rotatable bonds is 3. The molecule has 0 radical (unpaired) electrons. The quantitative estimate of drug-likeness (QED) is 0.603. The topological polar surface area (TPSA) is 33.0 Å². The van der Waals surface area contributed by atoms with Crippen LogP contribution in [0.5, 0.6) is 5.75 Å². The molecule has 2 nitrogen and oxygen atoms in total. The van der Waals surface area contributed by atoms with Crippen LogP contribution in [-0.2, 0) is 0 Å². The maximum absolute atomic E-state index is 9.33. The molecule has 0 aromatic heterocycles. The van der Waals surface area contributed by atoms with Crippen LogP contribution in [0.3, 0.4) is 0 Å². The molecule has 2 aromatic carbocycles. The molecule has 0 saturated carbocycles. The Balaban J connectivity index is 2.41. The summed E-state index contributed by atoms with van der Waals surface area (Å²) in [5, 5.41) is 9.98. The number of ether oxygens (including phenoxy) is 1. The Morgan fingerprint density at radius 1 is 1.20 bits per heavy atom. The van der Waals surface area contributed by atoms with Crippen molar-refractivity contribution < 1.29 is 4.74 Å². The molecule has 3 heteroatoms. The van der Waals surface area contributed by atoms with Gasteiger partial charge in [0.2, 0.25) is 0 Å². The molecule has 0 atom stereocenters. The number of hydrogen-bond donors (Lipinski definition) is 0. The zero-order valence-corrected chi connectivity index (χ0v) is 12.1. The third kappa shape index (κ3) is 3.20. The summed E-state index contributed by atoms with van der Waals surface area (Å²) in [6, 6.07) is 15.3. The van der Waals surface area contributed by atoms with Crippen molar-refractivity contribution in [1.29, 1.82) is 5.26 Å². The van der Waals surface area contributed by atoms with E-state index in [0.717, 1.165) is 22.4 Å². The first-order valence-electron chi connectivity index (χ1n) is 6.16. The van der Waals surface area contributed by atoms with Gasteiger partial charge in [0.1, 0.15) is 5.75 Å². The smallest absolute Gasteiger partial charge is 0.119 e. The summed E-state index contributed by atoms with van der Waals surface area (Å²) in [5.41, 5.74) is 3.52. The Morgan fingerprint density at radius 2 is 1.90 bits per heavy atom. The first kappa shape index (κ1) is 14.2. The highest BCUT2D eigenvalue weighted by Crippen LogP contribution is 2.23. The van der Waals surface area contributed by atoms with E-state index < -0.39 is 0 Å². The predicted molar refractivity (Wildman–Crippen MR) is 82.7 cm³/mol. The van der Waals surface area contributed by atoms with E-state index in [0.29, 0.717) is 10.6 Å². The third-order valence-electron chi connectivity index (χ3n) is 3.05. The molecule has 0 saturated heterocycles. The number of halogens is 1. The number of aryl methyl sites for hydroxylation is 1. The van der Waals surface area contributed by atoms with Crippen LogP contribution < -0.4 is 4.74 Å². The SMILES string of the molecule is COc1ccc(/C=C(/C#N)c2ccc(Cl)cc2)c(C)c1. The van der Waals surface area contributed by atoms with Crippen molar-refractivity contribution in [2.45, 2.75) is 6.92 Å². The fourth-order valence-electron chi connectivity index (χ4n) is 1.90. The van der Waals surface area contributed by atoms with Crippen LogP contribution in [0.25, 0.3) is 11.6 Å². The maximum Gasteiger partial charge on any atom is 0.119 e. The lowest BCUT2D eigenvalue weighted by Gasteiger charge is -2.06. The van der Waals surface area contributed by atoms with Gasteiger partial charge in [-0.1, -0.05) is 29.8 Å². The van der Waals surface area contributed by atoms with Gasteiger partial charge in [0.05, 0.1) is 18.8 Å². The molecule has 100 valence electrons. The molecular weight excluding hydrogens is 270 g/mol. The molecule has 20 heavy (non-hydrogen) atoms. The van der Waals surface area contributed by atoms with E-state index in [1.807, 2.05) is 43.3 Å². The van der Waals surface area contributed by atoms with Gasteiger partial charge in [-0.05, 0) is 54.0 Å². The molecule has 0 heterocycles. The van der Waals surface area contributed by atoms with Crippen molar-refractivity contribution >= 4 is 23.3 Å². The van der Waals surface area contributed by atoms with E-state index in [1.54, 1.807) is 19.2 Å². The van der Waals surface area contributed by atoms with E-state index in [-0.39, 0.29) is 0 Å². The Morgan fingerprint density at radius 3 is 2.45 bits per heavy atom. The van der Waals surface area contributed by atoms with E-state index >= 15 is 0 Å². The molecule has 0 fully saturated rings. The van der Waals surface area contributed by atoms with Crippen LogP contribution in [0, 0.1) is 18.3 Å². The van der Waals surface area contributed by atoms with E-state index in [4.69, 9.17) is 16.3 Å². The predicted octanol–water partition coefficient (Wildman–Crippen LogP) is 4.72. The Labute approximate surface area is 123 Å². The highest BCUT2D eigenvalue weighted by molar-refractivity contribution is 6.30. The second kappa shape index (κ2) is 6.27. The van der Waals surface area contributed by atoms with Crippen LogP contribution in [-0.4, -0.2) is 7.11 Å². The van der Waals surface area contributed by atoms with Gasteiger partial charge in [-0.15, -0.1) is 0 Å². The van der Waals surface area contributed by atoms with Crippen molar-refractivity contribution in [2.75, 3.05) is 7.11 Å². The molecule has 0 aliphatic rings. The lowest BCUT2D eigenvalue weighted by Crippen LogP contribution is -1.87. The van der Waals surface area contributed by atoms with Crippen LogP contribution in [0.1, 0.15) is 16.7 Å². The lowest BCUT2D eigenvalue weighted by molar-refractivity contribution is 0.414. The maximum atomic E-state index is 9.33. The van der Waals surface area contributed by atoms with Crippen molar-refractivity contribution in [3.8, 4) is 11.8 Å². The average molecular weight is 284 g/mol. The van der Waals surface area contributed by atoms with Crippen molar-refractivity contribution in [1.82, 2.24) is 0 Å². The molecule has 0 N–H and O–H groups in total. The number of benzene rings is 2. The molecular formula is C17H14ClNO. The molecule has 0 amide bonds. The summed E-state index contributed by atoms with van der Waals surface area (Å²) >= 11 is 5.86. The molecule has 0 spiro atoms. The van der Waals surface area contributed by atoms with Crippen LogP contribution in [0.4, 0.5) is 0 Å². The average Bonchev–Trinajstić information content (AvgIpc) is 2.47. The van der Waals surface area contributed by atoms with Crippen LogP contribution in [0.15, 0.2) is 42.5 Å². The standard InChI is InChI=1S/C17H14ClNO/c1-12-9-17(20-2)8-5-14(12)10-15(11-19)13-3-6-16(18)7-4-13/h3-10H,1-2H3/b15-10-. The Kier molecular flexibility index (Phi) is 4.45. The fourth-order valence-corrected chi connectivity index (χ4v) is 2.03. The minimum absolute atomic E-state index is 0.606. The van der Waals surface area contributed by atoms with Gasteiger partial charge in [0.25, 0.3) is 0 Å². The van der Waals surface area contributed by atoms with Gasteiger partial charge in [-0.2, -0.15) is 5.26 Å². The Bertz CT molecular complexity index is 681. The highest BCUT2D eigenvalue weighted by Gasteiger charge is 2.03. The normalized spacial score (nSPS) is 11.0. The molecule has 2 rings (SSSR count). The van der Waals surface area contributed by atoms with E-state index in [2.05, 4.69) is 6.07 Å². The van der Waals surface area contributed by atoms with Gasteiger partial charge in [0.15, 0.2) is 0 Å². The number of hydrogen-bond acceptors (Lipinski definition) is 2. The molecule has 0 unspecified atom stereocenters. The first-order chi connectivity index (χ1) is 9.63. The zero-order chi connectivity index (χ0) is 14.5. The number of nitriles is 1. The van der Waals surface area contributed by atoms with Gasteiger partial charge >= 0.3 is 0 Å². The van der Waals surface area contributed by atoms with Crippen molar-refractivity contribution in [3.63, 3.8) is 0 Å². The zero-order valence-electron chi connectivity index (χ0n) is 11.4. The number of allylic oxidation sites excluding steroid dienone is 1. The summed E-state index contributed by atoms with van der Waals surface area (Å²) in [4.78, 5) is 0. The highest BCUT2D eigenvalue weighted by atomic mass is 35.5. The molecule has 0 aliphatic heterocycles. The summed E-state index contributed by atoms with van der Waals surface area (Å²) in [6.07, 6.45) is 1.87. The van der Waals surface area contributed by atoms with Gasteiger partial charge in [0, 0.05) is 5.02 Å². The fraction of sp³-hybridized carbons (Fsp3) is 0.118. The summed E-state index contributed by atoms with van der Waals surface area (Å²) in [6.45, 7) is 1.99. The lowest BCUT2D eigenvalue weighted by atomic mass is 10.0. The minimum atomic E-state index is 0.606. The number of nitrogens with zero attached hydrogens (tertiary/aromatic N) is 1. The molecule has 0 aliphatic carbocycles. The van der Waals surface area contributed by atoms with Gasteiger partial charge < -0.3 is 4.74 Å². The molecule has 0 bridgehead atoms. The Hall–Kier alpha value is -2.24. The summed E-state index contributed by atoms with van der Waals surface area (Å²) in [7, 11) is 1.64. The first-order valence-corrected chi connectivity index (χ1v) is 6.54. The van der Waals surface area contributed by atoms with Crippen molar-refractivity contribution in [3.05, 3.63) is 64.2 Å². The monoisotopic (exact) mass is 283 g/mol. The van der Waals surface area contributed by atoms with Gasteiger partial charge in [-0.3, -0.25) is 0 Å². The largest absolute Gasteiger partial charge is 0.497 e. The second-order valence-corrected chi connectivity index (χ2v) is 4.84. The minimum Gasteiger partial charge on any atom is -0.497 e. The van der Waals surface area contributed by atoms with E-state index in [1.165, 1.54) is 0 Å². The summed E-state index contributed by atoms with van der Waals surface area (Å²) < 4.78 is 5.18. The van der Waals surface area contributed by atoms with Crippen LogP contribution in [0.2, 0.25) is 5.02 Å². The third-order valence-corrected chi connectivity index (χ3v) is 3.30. The second-order valence-electron chi connectivity index (χ2n) is 4.40. The van der Waals surface area contributed by atoms with Crippen molar-refractivity contribution in [2.24, 2.45) is 0 Å². The summed E-state index contributed by atoms with van der Waals surface area (Å²) in [5.74, 6) is 0.810.